The van der Waals surface area contributed by atoms with Gasteiger partial charge < -0.3 is 10.2 Å². The number of aryl methyl sites for hydroxylation is 1. The molecule has 2 nitrogen and oxygen atoms in total. The molecule has 0 bridgehead atoms. The predicted octanol–water partition coefficient (Wildman–Crippen LogP) is 2.55. The van der Waals surface area contributed by atoms with Crippen molar-refractivity contribution in [1.82, 2.24) is 10.2 Å². The third-order valence-corrected chi connectivity index (χ3v) is 3.88. The molecule has 0 saturated carbocycles. The maximum absolute atomic E-state index is 3.43. The van der Waals surface area contributed by atoms with E-state index in [9.17, 15) is 0 Å². The van der Waals surface area contributed by atoms with Crippen molar-refractivity contribution < 1.29 is 0 Å². The van der Waals surface area contributed by atoms with Crippen LogP contribution in [0, 0.1) is 5.92 Å². The van der Waals surface area contributed by atoms with Crippen LogP contribution in [0.15, 0.2) is 30.3 Å². The average molecular weight is 246 g/mol. The lowest BCUT2D eigenvalue weighted by Gasteiger charge is -2.27. The van der Waals surface area contributed by atoms with Crippen molar-refractivity contribution in [3.05, 3.63) is 35.9 Å². The fraction of sp³-hybridized carbons (Fsp3) is 0.625. The molecule has 1 fully saturated rings. The Bertz CT molecular complexity index is 317. The fourth-order valence-electron chi connectivity index (χ4n) is 2.79. The second-order valence-corrected chi connectivity index (χ2v) is 5.54. The van der Waals surface area contributed by atoms with Gasteiger partial charge in [0.2, 0.25) is 0 Å². The highest BCUT2D eigenvalue weighted by molar-refractivity contribution is 5.14. The Hall–Kier alpha value is -0.860. The SMILES string of the molecule is CN(CCCc1ccccc1)CC1CCNCC1. The quantitative estimate of drug-likeness (QED) is 0.830. The molecular formula is C16H26N2. The summed E-state index contributed by atoms with van der Waals surface area (Å²) in [5, 5.41) is 3.43. The Labute approximate surface area is 111 Å². The molecule has 0 atom stereocenters. The highest BCUT2D eigenvalue weighted by atomic mass is 15.1. The van der Waals surface area contributed by atoms with Crippen LogP contribution >= 0.6 is 0 Å². The summed E-state index contributed by atoms with van der Waals surface area (Å²) < 4.78 is 0. The van der Waals surface area contributed by atoms with E-state index in [1.165, 1.54) is 57.4 Å². The summed E-state index contributed by atoms with van der Waals surface area (Å²) in [6.07, 6.45) is 5.18. The van der Waals surface area contributed by atoms with Crippen LogP contribution in [0.1, 0.15) is 24.8 Å². The van der Waals surface area contributed by atoms with Gasteiger partial charge in [-0.05, 0) is 63.8 Å². The molecule has 0 unspecified atom stereocenters. The van der Waals surface area contributed by atoms with Crippen LogP contribution in [0.3, 0.4) is 0 Å². The van der Waals surface area contributed by atoms with Gasteiger partial charge in [0.1, 0.15) is 0 Å². The Morgan fingerprint density at radius 3 is 2.61 bits per heavy atom. The normalized spacial score (nSPS) is 17.2. The van der Waals surface area contributed by atoms with E-state index in [0.717, 1.165) is 5.92 Å². The molecule has 1 aromatic rings. The van der Waals surface area contributed by atoms with Crippen LogP contribution in [0.4, 0.5) is 0 Å². The Kier molecular flexibility index (Phi) is 5.69. The first-order valence-corrected chi connectivity index (χ1v) is 7.28. The topological polar surface area (TPSA) is 15.3 Å². The summed E-state index contributed by atoms with van der Waals surface area (Å²) in [5.41, 5.74) is 1.47. The standard InChI is InChI=1S/C16H26N2/c1-18(14-16-9-11-17-12-10-16)13-5-8-15-6-3-2-4-7-15/h2-4,6-7,16-17H,5,8-14H2,1H3. The van der Waals surface area contributed by atoms with Gasteiger partial charge in [0, 0.05) is 6.54 Å². The molecule has 0 aromatic heterocycles. The van der Waals surface area contributed by atoms with Gasteiger partial charge in [-0.3, -0.25) is 0 Å². The molecule has 2 heteroatoms. The van der Waals surface area contributed by atoms with Crippen molar-refractivity contribution >= 4 is 0 Å². The highest BCUT2D eigenvalue weighted by Crippen LogP contribution is 2.13. The van der Waals surface area contributed by atoms with Crippen LogP contribution in [-0.2, 0) is 6.42 Å². The molecule has 1 heterocycles. The predicted molar refractivity (Wildman–Crippen MR) is 77.9 cm³/mol. The van der Waals surface area contributed by atoms with Crippen molar-refractivity contribution in [3.8, 4) is 0 Å². The van der Waals surface area contributed by atoms with Gasteiger partial charge in [-0.2, -0.15) is 0 Å². The number of piperidine rings is 1. The molecule has 0 spiro atoms. The Balaban J connectivity index is 1.61. The van der Waals surface area contributed by atoms with Crippen molar-refractivity contribution in [2.45, 2.75) is 25.7 Å². The Morgan fingerprint density at radius 2 is 1.89 bits per heavy atom. The van der Waals surface area contributed by atoms with E-state index in [0.29, 0.717) is 0 Å². The molecule has 1 aliphatic rings. The fourth-order valence-corrected chi connectivity index (χ4v) is 2.79. The van der Waals surface area contributed by atoms with Crippen LogP contribution in [-0.4, -0.2) is 38.1 Å². The minimum Gasteiger partial charge on any atom is -0.317 e. The lowest BCUT2D eigenvalue weighted by molar-refractivity contribution is 0.238. The molecule has 1 aliphatic heterocycles. The van der Waals surface area contributed by atoms with E-state index in [4.69, 9.17) is 0 Å². The van der Waals surface area contributed by atoms with E-state index in [2.05, 4.69) is 47.6 Å². The number of rotatable bonds is 6. The summed E-state index contributed by atoms with van der Waals surface area (Å²) in [7, 11) is 2.27. The Morgan fingerprint density at radius 1 is 1.17 bits per heavy atom. The maximum Gasteiger partial charge on any atom is 0.000756 e. The van der Waals surface area contributed by atoms with Gasteiger partial charge in [-0.25, -0.2) is 0 Å². The molecule has 1 saturated heterocycles. The van der Waals surface area contributed by atoms with Gasteiger partial charge in [-0.15, -0.1) is 0 Å². The largest absolute Gasteiger partial charge is 0.317 e. The van der Waals surface area contributed by atoms with Gasteiger partial charge in [0.15, 0.2) is 0 Å². The van der Waals surface area contributed by atoms with E-state index in [1.807, 2.05) is 0 Å². The van der Waals surface area contributed by atoms with Crippen molar-refractivity contribution in [2.24, 2.45) is 5.92 Å². The van der Waals surface area contributed by atoms with E-state index >= 15 is 0 Å². The average Bonchev–Trinajstić information content (AvgIpc) is 2.41. The molecule has 2 rings (SSSR count). The number of nitrogens with one attached hydrogen (secondary N) is 1. The van der Waals surface area contributed by atoms with Crippen molar-refractivity contribution in [2.75, 3.05) is 33.2 Å². The molecule has 0 amide bonds. The third-order valence-electron chi connectivity index (χ3n) is 3.88. The lowest BCUT2D eigenvalue weighted by atomic mass is 9.97. The van der Waals surface area contributed by atoms with E-state index in [1.54, 1.807) is 0 Å². The second kappa shape index (κ2) is 7.55. The molecule has 100 valence electrons. The molecular weight excluding hydrogens is 220 g/mol. The molecule has 0 aliphatic carbocycles. The van der Waals surface area contributed by atoms with Crippen LogP contribution in [0.2, 0.25) is 0 Å². The first kappa shape index (κ1) is 13.6. The number of nitrogens with zero attached hydrogens (tertiary/aromatic N) is 1. The zero-order valence-electron chi connectivity index (χ0n) is 11.6. The summed E-state index contributed by atoms with van der Waals surface area (Å²) in [6, 6.07) is 10.8. The molecule has 0 radical (unpaired) electrons. The zero-order valence-corrected chi connectivity index (χ0v) is 11.6. The number of benzene rings is 1. The first-order chi connectivity index (χ1) is 8.84. The van der Waals surface area contributed by atoms with Gasteiger partial charge in [0.25, 0.3) is 0 Å². The van der Waals surface area contributed by atoms with E-state index in [-0.39, 0.29) is 0 Å². The van der Waals surface area contributed by atoms with Gasteiger partial charge in [0.05, 0.1) is 0 Å². The summed E-state index contributed by atoms with van der Waals surface area (Å²) >= 11 is 0. The smallest absolute Gasteiger partial charge is 0.000756 e. The van der Waals surface area contributed by atoms with Crippen LogP contribution in [0.5, 0.6) is 0 Å². The summed E-state index contributed by atoms with van der Waals surface area (Å²) in [6.45, 7) is 4.92. The van der Waals surface area contributed by atoms with Crippen LogP contribution < -0.4 is 5.32 Å². The van der Waals surface area contributed by atoms with E-state index < -0.39 is 0 Å². The third kappa shape index (κ3) is 4.79. The lowest BCUT2D eigenvalue weighted by Crippen LogP contribution is -2.35. The number of hydrogen-bond donors (Lipinski definition) is 1. The monoisotopic (exact) mass is 246 g/mol. The van der Waals surface area contributed by atoms with Gasteiger partial charge >= 0.3 is 0 Å². The second-order valence-electron chi connectivity index (χ2n) is 5.54. The maximum atomic E-state index is 3.43. The molecule has 18 heavy (non-hydrogen) atoms. The minimum atomic E-state index is 0.910. The van der Waals surface area contributed by atoms with Crippen molar-refractivity contribution in [3.63, 3.8) is 0 Å². The zero-order chi connectivity index (χ0) is 12.6. The number of hydrogen-bond acceptors (Lipinski definition) is 2. The minimum absolute atomic E-state index is 0.910. The summed E-state index contributed by atoms with van der Waals surface area (Å²) in [4.78, 5) is 2.51. The molecule has 1 N–H and O–H groups in total. The van der Waals surface area contributed by atoms with Crippen molar-refractivity contribution in [1.29, 1.82) is 0 Å². The van der Waals surface area contributed by atoms with Crippen LogP contribution in [0.25, 0.3) is 0 Å². The van der Waals surface area contributed by atoms with Gasteiger partial charge in [-0.1, -0.05) is 30.3 Å². The summed E-state index contributed by atoms with van der Waals surface area (Å²) in [5.74, 6) is 0.910. The molecule has 1 aromatic carbocycles. The first-order valence-electron chi connectivity index (χ1n) is 7.28. The highest BCUT2D eigenvalue weighted by Gasteiger charge is 2.14.